The van der Waals surface area contributed by atoms with E-state index in [9.17, 15) is 0 Å². The molecule has 0 amide bonds. The summed E-state index contributed by atoms with van der Waals surface area (Å²) in [7, 11) is 0. The Labute approximate surface area is 69.9 Å². The molecule has 0 bridgehead atoms. The monoisotopic (exact) mass is 160 g/mol. The van der Waals surface area contributed by atoms with Crippen LogP contribution in [0.5, 0.6) is 0 Å². The van der Waals surface area contributed by atoms with Crippen LogP contribution in [0.3, 0.4) is 0 Å². The molecule has 0 aromatic heterocycles. The largest absolute Gasteiger partial charge is 1.00 e. The molecule has 0 N–H and O–H groups in total. The van der Waals surface area contributed by atoms with Crippen molar-refractivity contribution in [3.63, 3.8) is 0 Å². The minimum atomic E-state index is -1.08. The molecule has 0 aromatic rings. The Bertz CT molecular complexity index is 34.5. The molecule has 1 atom stereocenters. The van der Waals surface area contributed by atoms with Gasteiger partial charge in [0.25, 0.3) is 0 Å². The molecule has 0 aliphatic heterocycles. The van der Waals surface area contributed by atoms with E-state index in [0.717, 1.165) is 6.92 Å². The maximum Gasteiger partial charge on any atom is 1.00 e. The fourth-order valence-corrected chi connectivity index (χ4v) is 0. The average molecular weight is 160 g/mol. The average Bonchev–Trinajstić information content (AvgIpc) is 0.811. The third-order valence-corrected chi connectivity index (χ3v) is 0. The van der Waals surface area contributed by atoms with Gasteiger partial charge in [0.05, 0.1) is 0 Å². The second-order valence-electron chi connectivity index (χ2n) is 0.492. The van der Waals surface area contributed by atoms with E-state index in [0.29, 0.717) is 0 Å². The van der Waals surface area contributed by atoms with Crippen LogP contribution in [0, 0.1) is 0 Å². The van der Waals surface area contributed by atoms with Crippen molar-refractivity contribution >= 4 is 23.9 Å². The van der Waals surface area contributed by atoms with Gasteiger partial charge in [0.15, 0.2) is 0 Å². The van der Waals surface area contributed by atoms with E-state index in [4.69, 9.17) is 9.90 Å². The first kappa shape index (κ1) is 15.7. The van der Waals surface area contributed by atoms with Crippen LogP contribution in [-0.4, -0.2) is 23.9 Å². The van der Waals surface area contributed by atoms with Crippen LogP contribution < -0.4 is 34.7 Å². The summed E-state index contributed by atoms with van der Waals surface area (Å²) in [5.41, 5.74) is 0. The van der Waals surface area contributed by atoms with E-state index in [1.54, 1.807) is 0 Å². The summed E-state index contributed by atoms with van der Waals surface area (Å²) in [5.74, 6) is -1.08. The zero-order valence-corrected chi connectivity index (χ0v) is 8.99. The van der Waals surface area contributed by atoms with Crippen LogP contribution in [0.25, 0.3) is 0 Å². The Morgan fingerprint density at radius 2 is 1.67 bits per heavy atom. The molecule has 0 aromatic carbocycles. The van der Waals surface area contributed by atoms with E-state index < -0.39 is 5.97 Å². The normalized spacial score (nSPS) is 4.17. The van der Waals surface area contributed by atoms with Gasteiger partial charge in [-0.3, -0.25) is 0 Å². The molecular formula is C2H6AsNaO2. The maximum atomic E-state index is 8.89. The van der Waals surface area contributed by atoms with Gasteiger partial charge in [-0.2, -0.15) is 0 Å². The van der Waals surface area contributed by atoms with Crippen LogP contribution in [0.15, 0.2) is 0 Å². The first-order valence-corrected chi connectivity index (χ1v) is 0.908. The first-order valence-electron chi connectivity index (χ1n) is 0.908. The Balaban J connectivity index is -0.0000000450. The molecule has 0 heterocycles. The third-order valence-electron chi connectivity index (χ3n) is 0. The number of hydrogen-bond donors (Lipinski definition) is 0. The van der Waals surface area contributed by atoms with E-state index in [1.807, 2.05) is 0 Å². The molecule has 0 saturated heterocycles. The Hall–Kier alpha value is 1.03. The SMILES string of the molecule is CC(=O)[O-].[AsH3].[Na+]. The molecule has 1 unspecified atom stereocenters. The first-order chi connectivity index (χ1) is 1.73. The van der Waals surface area contributed by atoms with Gasteiger partial charge < -0.3 is 9.90 Å². The molecule has 0 rings (SSSR count). The minimum absolute atomic E-state index is 0. The van der Waals surface area contributed by atoms with Crippen molar-refractivity contribution in [1.29, 1.82) is 0 Å². The van der Waals surface area contributed by atoms with Crippen molar-refractivity contribution in [1.82, 2.24) is 0 Å². The third kappa shape index (κ3) is 77.2. The summed E-state index contributed by atoms with van der Waals surface area (Å²) in [4.78, 5) is 8.89. The fourth-order valence-electron chi connectivity index (χ4n) is 0. The Morgan fingerprint density at radius 3 is 1.67 bits per heavy atom. The van der Waals surface area contributed by atoms with Crippen molar-refractivity contribution in [3.05, 3.63) is 0 Å². The molecular weight excluding hydrogens is 154 g/mol. The molecule has 6 heavy (non-hydrogen) atoms. The van der Waals surface area contributed by atoms with Gasteiger partial charge in [0.2, 0.25) is 0 Å². The van der Waals surface area contributed by atoms with Crippen molar-refractivity contribution < 1.29 is 39.5 Å². The van der Waals surface area contributed by atoms with Crippen molar-refractivity contribution in [2.45, 2.75) is 6.92 Å². The Morgan fingerprint density at radius 1 is 1.67 bits per heavy atom. The van der Waals surface area contributed by atoms with Crippen molar-refractivity contribution in [3.8, 4) is 0 Å². The molecule has 4 heteroatoms. The summed E-state index contributed by atoms with van der Waals surface area (Å²) in [6.07, 6.45) is 0. The van der Waals surface area contributed by atoms with Crippen LogP contribution in [0.4, 0.5) is 0 Å². The smallest absolute Gasteiger partial charge is 1.00 e. The molecule has 0 saturated carbocycles. The quantitative estimate of drug-likeness (QED) is 0.332. The number of carbonyl (C=O) groups excluding carboxylic acids is 1. The second kappa shape index (κ2) is 9.39. The molecule has 32 valence electrons. The number of carboxylic acid groups (broad SMARTS) is 1. The van der Waals surface area contributed by atoms with Crippen molar-refractivity contribution in [2.24, 2.45) is 0 Å². The van der Waals surface area contributed by atoms with E-state index in [2.05, 4.69) is 0 Å². The summed E-state index contributed by atoms with van der Waals surface area (Å²) in [5, 5.41) is 8.89. The van der Waals surface area contributed by atoms with Crippen molar-refractivity contribution in [2.75, 3.05) is 0 Å². The summed E-state index contributed by atoms with van der Waals surface area (Å²) < 4.78 is 0. The summed E-state index contributed by atoms with van der Waals surface area (Å²) >= 11 is 0. The number of carboxylic acids is 1. The van der Waals surface area contributed by atoms with E-state index >= 15 is 0 Å². The fraction of sp³-hybridized carbons (Fsp3) is 0.500. The number of carbonyl (C=O) groups is 1. The molecule has 0 aliphatic rings. The van der Waals surface area contributed by atoms with Gasteiger partial charge in [0, 0.05) is 5.97 Å². The molecule has 0 fully saturated rings. The Kier molecular flexibility index (Phi) is 24.6. The van der Waals surface area contributed by atoms with Crippen LogP contribution >= 0.6 is 0 Å². The van der Waals surface area contributed by atoms with Gasteiger partial charge >= 0.3 is 47.5 Å². The van der Waals surface area contributed by atoms with Gasteiger partial charge in [-0.1, -0.05) is 0 Å². The van der Waals surface area contributed by atoms with Gasteiger partial charge in [-0.25, -0.2) is 0 Å². The van der Waals surface area contributed by atoms with Gasteiger partial charge in [-0.15, -0.1) is 0 Å². The zero-order valence-electron chi connectivity index (χ0n) is 4.02. The summed E-state index contributed by atoms with van der Waals surface area (Å²) in [6.45, 7) is 0.972. The predicted octanol–water partition coefficient (Wildman–Crippen LogP) is -5.42. The van der Waals surface area contributed by atoms with Gasteiger partial charge in [0.1, 0.15) is 0 Å². The second-order valence-corrected chi connectivity index (χ2v) is 0.492. The standard InChI is InChI=1S/C2H4O2.AsH3.Na/c1-2(3)4;;/h1H3,(H,3,4);1H3;/q;;+1/p-1. The molecule has 2 nitrogen and oxygen atoms in total. The topological polar surface area (TPSA) is 40.1 Å². The number of aliphatic carboxylic acids is 1. The zero-order chi connectivity index (χ0) is 3.58. The van der Waals surface area contributed by atoms with Gasteiger partial charge in [-0.05, 0) is 6.92 Å². The molecule has 0 aliphatic carbocycles. The summed E-state index contributed by atoms with van der Waals surface area (Å²) in [6, 6.07) is 0. The van der Waals surface area contributed by atoms with Crippen LogP contribution in [0.2, 0.25) is 0 Å². The minimum Gasteiger partial charge on any atom is 1.00 e. The molecule has 0 radical (unpaired) electrons. The number of hydrogen-bond acceptors (Lipinski definition) is 2. The van der Waals surface area contributed by atoms with E-state index in [1.165, 1.54) is 0 Å². The maximum absolute atomic E-state index is 8.89. The predicted molar refractivity (Wildman–Crippen MR) is 20.6 cm³/mol. The van der Waals surface area contributed by atoms with Crippen LogP contribution in [0.1, 0.15) is 6.92 Å². The van der Waals surface area contributed by atoms with Crippen LogP contribution in [-0.2, 0) is 4.79 Å². The van der Waals surface area contributed by atoms with E-state index in [-0.39, 0.29) is 47.5 Å². The number of rotatable bonds is 0. The molecule has 0 spiro atoms.